The van der Waals surface area contributed by atoms with Gasteiger partial charge in [-0.3, -0.25) is 14.9 Å². The Morgan fingerprint density at radius 1 is 1.03 bits per heavy atom. The summed E-state index contributed by atoms with van der Waals surface area (Å²) in [6.45, 7) is 0.0265. The van der Waals surface area contributed by atoms with Gasteiger partial charge in [0, 0.05) is 12.1 Å². The van der Waals surface area contributed by atoms with Crippen LogP contribution in [0.15, 0.2) is 60.8 Å². The number of carboxylic acids is 1. The molecule has 3 aromatic rings. The van der Waals surface area contributed by atoms with Crippen molar-refractivity contribution in [1.29, 1.82) is 0 Å². The van der Waals surface area contributed by atoms with Crippen LogP contribution < -0.4 is 10.6 Å². The number of hydrogen-bond donors (Lipinski definition) is 3. The second kappa shape index (κ2) is 9.66. The summed E-state index contributed by atoms with van der Waals surface area (Å²) in [5.41, 5.74) is 4.22. The van der Waals surface area contributed by atoms with Crippen molar-refractivity contribution in [3.8, 4) is 11.1 Å². The molecule has 168 valence electrons. The maximum atomic E-state index is 12.5. The minimum absolute atomic E-state index is 0.0265. The van der Waals surface area contributed by atoms with Crippen LogP contribution >= 0.6 is 11.6 Å². The van der Waals surface area contributed by atoms with Gasteiger partial charge in [-0.2, -0.15) is 0 Å². The number of carbonyl (C=O) groups excluding carboxylic acids is 2. The van der Waals surface area contributed by atoms with Crippen LogP contribution in [0.4, 0.5) is 10.7 Å². The van der Waals surface area contributed by atoms with Gasteiger partial charge in [0.15, 0.2) is 0 Å². The lowest BCUT2D eigenvalue weighted by Gasteiger charge is -2.18. The predicted molar refractivity (Wildman–Crippen MR) is 120 cm³/mol. The molecule has 9 nitrogen and oxygen atoms in total. The Morgan fingerprint density at radius 2 is 1.67 bits per heavy atom. The third kappa shape index (κ3) is 5.09. The Bertz CT molecular complexity index is 1170. The number of rotatable bonds is 7. The van der Waals surface area contributed by atoms with Gasteiger partial charge in [0.2, 0.25) is 11.9 Å². The number of aromatic nitrogens is 2. The molecular weight excluding hydrogens is 448 g/mol. The van der Waals surface area contributed by atoms with Gasteiger partial charge >= 0.3 is 12.1 Å². The van der Waals surface area contributed by atoms with Gasteiger partial charge in [0.25, 0.3) is 0 Å². The molecule has 0 bridgehead atoms. The number of alkyl carbamates (subject to hydrolysis) is 1. The fraction of sp³-hybridized carbons (Fsp3) is 0.174. The van der Waals surface area contributed by atoms with Crippen molar-refractivity contribution in [3.63, 3.8) is 0 Å². The van der Waals surface area contributed by atoms with Gasteiger partial charge in [0.1, 0.15) is 17.8 Å². The van der Waals surface area contributed by atoms with Crippen LogP contribution in [0.3, 0.4) is 0 Å². The van der Waals surface area contributed by atoms with Crippen molar-refractivity contribution < 1.29 is 24.2 Å². The van der Waals surface area contributed by atoms with E-state index in [0.29, 0.717) is 0 Å². The van der Waals surface area contributed by atoms with Crippen molar-refractivity contribution in [1.82, 2.24) is 15.3 Å². The van der Waals surface area contributed by atoms with Gasteiger partial charge in [-0.1, -0.05) is 60.1 Å². The van der Waals surface area contributed by atoms with E-state index in [1.54, 1.807) is 0 Å². The lowest BCUT2D eigenvalue weighted by atomic mass is 9.98. The molecule has 1 heterocycles. The van der Waals surface area contributed by atoms with E-state index in [-0.39, 0.29) is 23.6 Å². The smallest absolute Gasteiger partial charge is 0.407 e. The second-order valence-corrected chi connectivity index (χ2v) is 7.70. The molecule has 0 fully saturated rings. The number of fused-ring (bicyclic) bond motifs is 3. The molecule has 0 saturated carbocycles. The third-order valence-corrected chi connectivity index (χ3v) is 5.40. The zero-order valence-corrected chi connectivity index (χ0v) is 18.0. The number of nitrogens with zero attached hydrogens (tertiary/aromatic N) is 2. The van der Waals surface area contributed by atoms with Crippen LogP contribution in [0, 0.1) is 0 Å². The molecule has 1 aliphatic carbocycles. The molecule has 2 amide bonds. The normalized spacial score (nSPS) is 12.9. The molecule has 10 heteroatoms. The van der Waals surface area contributed by atoms with Crippen LogP contribution in [0.1, 0.15) is 23.5 Å². The summed E-state index contributed by atoms with van der Waals surface area (Å²) >= 11 is 5.77. The summed E-state index contributed by atoms with van der Waals surface area (Å²) in [4.78, 5) is 43.9. The molecule has 0 aliphatic heterocycles. The maximum Gasteiger partial charge on any atom is 0.407 e. The predicted octanol–water partition coefficient (Wildman–Crippen LogP) is 3.45. The summed E-state index contributed by atoms with van der Waals surface area (Å²) < 4.78 is 5.40. The van der Waals surface area contributed by atoms with E-state index in [9.17, 15) is 14.4 Å². The number of carboxylic acid groups (broad SMARTS) is 1. The topological polar surface area (TPSA) is 131 Å². The average Bonchev–Trinajstić information content (AvgIpc) is 3.11. The van der Waals surface area contributed by atoms with Crippen LogP contribution in [0.25, 0.3) is 11.1 Å². The summed E-state index contributed by atoms with van der Waals surface area (Å²) in [6, 6.07) is 15.7. The highest BCUT2D eigenvalue weighted by molar-refractivity contribution is 6.29. The van der Waals surface area contributed by atoms with Gasteiger partial charge in [-0.15, -0.1) is 0 Å². The lowest BCUT2D eigenvalue weighted by molar-refractivity contribution is -0.139. The Balaban J connectivity index is 1.43. The van der Waals surface area contributed by atoms with Gasteiger partial charge in [0.05, 0.1) is 6.42 Å². The first-order valence-corrected chi connectivity index (χ1v) is 10.4. The Labute approximate surface area is 193 Å². The molecule has 0 saturated heterocycles. The van der Waals surface area contributed by atoms with E-state index in [4.69, 9.17) is 21.4 Å². The molecule has 4 rings (SSSR count). The van der Waals surface area contributed by atoms with Crippen molar-refractivity contribution in [3.05, 3.63) is 77.1 Å². The first-order valence-electron chi connectivity index (χ1n) is 10.0. The summed E-state index contributed by atoms with van der Waals surface area (Å²) in [5, 5.41) is 13.9. The molecule has 0 spiro atoms. The van der Waals surface area contributed by atoms with Crippen molar-refractivity contribution in [2.45, 2.75) is 18.4 Å². The average molecular weight is 467 g/mol. The number of carbonyl (C=O) groups is 3. The number of anilines is 1. The molecule has 33 heavy (non-hydrogen) atoms. The van der Waals surface area contributed by atoms with E-state index >= 15 is 0 Å². The largest absolute Gasteiger partial charge is 0.481 e. The van der Waals surface area contributed by atoms with E-state index < -0.39 is 30.4 Å². The van der Waals surface area contributed by atoms with Crippen LogP contribution in [-0.2, 0) is 14.3 Å². The van der Waals surface area contributed by atoms with Crippen molar-refractivity contribution in [2.75, 3.05) is 11.9 Å². The highest BCUT2D eigenvalue weighted by Crippen LogP contribution is 2.44. The fourth-order valence-corrected chi connectivity index (χ4v) is 3.90. The monoisotopic (exact) mass is 466 g/mol. The molecule has 3 N–H and O–H groups in total. The molecule has 1 aliphatic rings. The second-order valence-electron chi connectivity index (χ2n) is 7.31. The molecule has 1 unspecified atom stereocenters. The number of amides is 2. The minimum Gasteiger partial charge on any atom is -0.481 e. The number of ether oxygens (including phenoxy) is 1. The SMILES string of the molecule is O=C(O)CC(NC(=O)OCC1c2ccccc2-c2ccccc21)C(=O)Nc1nccc(Cl)n1. The number of halogens is 1. The fourth-order valence-electron chi connectivity index (χ4n) is 3.76. The van der Waals surface area contributed by atoms with Crippen LogP contribution in [0.2, 0.25) is 5.15 Å². The van der Waals surface area contributed by atoms with Gasteiger partial charge in [-0.05, 0) is 28.3 Å². The zero-order chi connectivity index (χ0) is 23.4. The van der Waals surface area contributed by atoms with E-state index in [1.807, 2.05) is 48.5 Å². The Hall–Kier alpha value is -3.98. The molecule has 0 radical (unpaired) electrons. The standard InChI is InChI=1S/C23H19ClN4O5/c24-19-9-10-25-22(27-19)28-21(31)18(11-20(29)30)26-23(32)33-12-17-15-7-3-1-5-13(15)14-6-2-4-8-16(14)17/h1-10,17-18H,11-12H2,(H,26,32)(H,29,30)(H,25,27,28,31). The first kappa shape index (κ1) is 22.2. The van der Waals surface area contributed by atoms with Crippen LogP contribution in [0.5, 0.6) is 0 Å². The van der Waals surface area contributed by atoms with E-state index in [1.165, 1.54) is 12.3 Å². The summed E-state index contributed by atoms with van der Waals surface area (Å²) in [6.07, 6.45) is -0.238. The van der Waals surface area contributed by atoms with Crippen molar-refractivity contribution >= 4 is 35.5 Å². The first-order chi connectivity index (χ1) is 15.9. The number of hydrogen-bond acceptors (Lipinski definition) is 6. The quantitative estimate of drug-likeness (QED) is 0.454. The Kier molecular flexibility index (Phi) is 6.50. The number of benzene rings is 2. The van der Waals surface area contributed by atoms with E-state index in [0.717, 1.165) is 22.3 Å². The minimum atomic E-state index is -1.40. The van der Waals surface area contributed by atoms with E-state index in [2.05, 4.69) is 20.6 Å². The number of aliphatic carboxylic acids is 1. The maximum absolute atomic E-state index is 12.5. The highest BCUT2D eigenvalue weighted by Gasteiger charge is 2.30. The summed E-state index contributed by atoms with van der Waals surface area (Å²) in [5.74, 6) is -2.37. The van der Waals surface area contributed by atoms with Crippen molar-refractivity contribution in [2.24, 2.45) is 0 Å². The van der Waals surface area contributed by atoms with Gasteiger partial charge in [-0.25, -0.2) is 14.8 Å². The third-order valence-electron chi connectivity index (χ3n) is 5.19. The molecule has 2 aromatic carbocycles. The zero-order valence-electron chi connectivity index (χ0n) is 17.2. The lowest BCUT2D eigenvalue weighted by Crippen LogP contribution is -2.45. The van der Waals surface area contributed by atoms with Gasteiger partial charge < -0.3 is 15.2 Å². The Morgan fingerprint density at radius 3 is 2.27 bits per heavy atom. The highest BCUT2D eigenvalue weighted by atomic mass is 35.5. The molecular formula is C23H19ClN4O5. The summed E-state index contributed by atoms with van der Waals surface area (Å²) in [7, 11) is 0. The molecule has 1 atom stereocenters. The van der Waals surface area contributed by atoms with Crippen LogP contribution in [-0.4, -0.2) is 45.7 Å². The number of nitrogens with one attached hydrogen (secondary N) is 2. The molecule has 1 aromatic heterocycles.